The van der Waals surface area contributed by atoms with E-state index in [1.54, 1.807) is 0 Å². The topological polar surface area (TPSA) is 271 Å². The molecule has 0 aliphatic carbocycles. The average molecular weight is 766 g/mol. The first-order valence-corrected chi connectivity index (χ1v) is 18.9. The first-order valence-electron chi connectivity index (χ1n) is 18.9. The lowest BCUT2D eigenvalue weighted by molar-refractivity contribution is -0.239. The predicted octanol–water partition coefficient (Wildman–Crippen LogP) is -0.119. The second-order valence-corrected chi connectivity index (χ2v) is 14.2. The molecule has 2 fully saturated rings. The van der Waals surface area contributed by atoms with E-state index in [1.165, 1.54) is 25.7 Å². The van der Waals surface area contributed by atoms with Crippen LogP contribution in [-0.2, 0) is 38.1 Å². The highest BCUT2D eigenvalue weighted by Crippen LogP contribution is 2.39. The Balaban J connectivity index is 1.48. The predicted molar refractivity (Wildman–Crippen MR) is 190 cm³/mol. The van der Waals surface area contributed by atoms with Crippen LogP contribution in [0.5, 0.6) is 0 Å². The van der Waals surface area contributed by atoms with E-state index in [-0.39, 0.29) is 12.5 Å². The summed E-state index contributed by atoms with van der Waals surface area (Å²) >= 11 is 0. The molecule has 18 nitrogen and oxygen atoms in total. The van der Waals surface area contributed by atoms with Crippen LogP contribution in [0.3, 0.4) is 0 Å². The minimum absolute atomic E-state index is 0.0247. The first kappa shape index (κ1) is 42.6. The van der Waals surface area contributed by atoms with Gasteiger partial charge in [-0.05, 0) is 38.7 Å². The second kappa shape index (κ2) is 20.5. The smallest absolute Gasteiger partial charge is 0.330 e. The van der Waals surface area contributed by atoms with Crippen LogP contribution in [0.4, 0.5) is 0 Å². The fourth-order valence-electron chi connectivity index (χ4n) is 6.91. The van der Waals surface area contributed by atoms with Crippen molar-refractivity contribution in [1.82, 2.24) is 20.2 Å². The molecule has 3 aliphatic rings. The van der Waals surface area contributed by atoms with Crippen molar-refractivity contribution in [3.63, 3.8) is 0 Å². The van der Waals surface area contributed by atoms with Gasteiger partial charge in [0, 0.05) is 24.7 Å². The van der Waals surface area contributed by atoms with Crippen LogP contribution < -0.4 is 27.6 Å². The van der Waals surface area contributed by atoms with Crippen molar-refractivity contribution in [2.75, 3.05) is 6.61 Å². The average Bonchev–Trinajstić information content (AvgIpc) is 3.38. The lowest BCUT2D eigenvalue weighted by atomic mass is 9.94. The highest BCUT2D eigenvalue weighted by Gasteiger charge is 2.54. The maximum atomic E-state index is 13.2. The highest BCUT2D eigenvalue weighted by atomic mass is 16.7. The number of rotatable bonds is 19. The van der Waals surface area contributed by atoms with Crippen molar-refractivity contribution in [3.8, 4) is 0 Å². The molecule has 3 amide bonds. The molecule has 0 radical (unpaired) electrons. The molecular formula is C36H55N5O13. The molecule has 0 saturated carbocycles. The number of aromatic nitrogens is 2. The SMILES string of the molecule is CCCCCCCCCCCC(=O)O[C@@H]1[C@H](CO)[C@@H]([C@@H](O[C@H]2OC(C(=O)N[C@H]3CCC[C@@H](C)NC3=O)=C[C@H](O)[C@@H]2O)C(N)=O)O[C@H]1n1ccc(=O)[nH]c1=O. The third-order valence-corrected chi connectivity index (χ3v) is 9.93. The molecule has 18 heteroatoms. The van der Waals surface area contributed by atoms with Gasteiger partial charge in [0.1, 0.15) is 24.4 Å². The van der Waals surface area contributed by atoms with Gasteiger partial charge in [0.05, 0.1) is 12.5 Å². The molecule has 2 saturated heterocycles. The summed E-state index contributed by atoms with van der Waals surface area (Å²) in [6, 6.07) is 0.0380. The zero-order valence-electron chi connectivity index (χ0n) is 30.9. The van der Waals surface area contributed by atoms with Crippen LogP contribution >= 0.6 is 0 Å². The van der Waals surface area contributed by atoms with Crippen LogP contribution in [0.1, 0.15) is 104 Å². The van der Waals surface area contributed by atoms with Gasteiger partial charge in [-0.3, -0.25) is 33.5 Å². The van der Waals surface area contributed by atoms with Crippen molar-refractivity contribution in [1.29, 1.82) is 0 Å². The maximum absolute atomic E-state index is 13.2. The minimum atomic E-state index is -1.91. The molecule has 4 rings (SSSR count). The fourth-order valence-corrected chi connectivity index (χ4v) is 6.91. The standard InChI is InChI=1S/C36H55N5O13/c1-3-4-5-6-7-8-9-10-11-15-26(45)52-29-21(19-42)28(53-34(29)41-17-16-25(44)40-36(41)50)30(31(37)47)54-35-27(46)23(43)18-24(51-35)33(49)39-22-14-12-13-20(2)38-32(22)48/h16-18,20-23,27-30,34-35,42-43,46H,3-15,19H2,1-2H3,(H2,37,47)(H,38,48)(H,39,49)(H,40,44,50)/t20-,21-,22+,23+,27+,28+,29-,30-,34-,35-/m1/s1. The summed E-state index contributed by atoms with van der Waals surface area (Å²) in [5.74, 6) is -4.92. The fraction of sp³-hybridized carbons (Fsp3) is 0.722. The summed E-state index contributed by atoms with van der Waals surface area (Å²) in [6.07, 6.45) is 1.11. The lowest BCUT2D eigenvalue weighted by Gasteiger charge is -2.35. The van der Waals surface area contributed by atoms with Gasteiger partial charge in [0.15, 0.2) is 24.2 Å². The molecule has 302 valence electrons. The van der Waals surface area contributed by atoms with E-state index in [0.29, 0.717) is 25.7 Å². The third-order valence-electron chi connectivity index (χ3n) is 9.93. The van der Waals surface area contributed by atoms with Crippen molar-refractivity contribution >= 4 is 23.7 Å². The highest BCUT2D eigenvalue weighted by molar-refractivity contribution is 5.95. The van der Waals surface area contributed by atoms with E-state index in [1.807, 2.05) is 6.92 Å². The van der Waals surface area contributed by atoms with E-state index in [4.69, 9.17) is 24.7 Å². The van der Waals surface area contributed by atoms with Crippen molar-refractivity contribution < 1.29 is 53.4 Å². The first-order chi connectivity index (χ1) is 25.8. The summed E-state index contributed by atoms with van der Waals surface area (Å²) in [5.41, 5.74) is 4.07. The third kappa shape index (κ3) is 11.5. The van der Waals surface area contributed by atoms with Crippen molar-refractivity contribution in [2.45, 2.75) is 152 Å². The Bertz CT molecular complexity index is 1580. The van der Waals surface area contributed by atoms with Gasteiger partial charge in [-0.25, -0.2) is 4.79 Å². The molecule has 1 aromatic heterocycles. The van der Waals surface area contributed by atoms with Gasteiger partial charge >= 0.3 is 11.7 Å². The number of primary amides is 1. The van der Waals surface area contributed by atoms with E-state index in [2.05, 4.69) is 22.5 Å². The van der Waals surface area contributed by atoms with Gasteiger partial charge in [-0.2, -0.15) is 0 Å². The summed E-state index contributed by atoms with van der Waals surface area (Å²) in [5, 5.41) is 37.3. The zero-order valence-corrected chi connectivity index (χ0v) is 30.9. The Morgan fingerprint density at radius 3 is 2.39 bits per heavy atom. The Hall–Kier alpha value is -4.10. The summed E-state index contributed by atoms with van der Waals surface area (Å²) in [4.78, 5) is 78.6. The number of nitrogens with zero attached hydrogens (tertiary/aromatic N) is 1. The number of aromatic amines is 1. The van der Waals surface area contributed by atoms with Gasteiger partial charge in [0.2, 0.25) is 18.1 Å². The number of aliphatic hydroxyl groups excluding tert-OH is 3. The molecule has 10 atom stereocenters. The van der Waals surface area contributed by atoms with Crippen molar-refractivity contribution in [3.05, 3.63) is 44.9 Å². The lowest BCUT2D eigenvalue weighted by Crippen LogP contribution is -2.54. The largest absolute Gasteiger partial charge is 0.457 e. The van der Waals surface area contributed by atoms with Crippen LogP contribution in [-0.4, -0.2) is 104 Å². The molecule has 0 spiro atoms. The monoisotopic (exact) mass is 765 g/mol. The van der Waals surface area contributed by atoms with Crippen molar-refractivity contribution in [2.24, 2.45) is 11.7 Å². The number of ether oxygens (including phenoxy) is 4. The minimum Gasteiger partial charge on any atom is -0.457 e. The number of nitrogens with two attached hydrogens (primary N) is 1. The summed E-state index contributed by atoms with van der Waals surface area (Å²) in [6.45, 7) is 3.23. The molecule has 54 heavy (non-hydrogen) atoms. The number of carbonyl (C=O) groups is 4. The molecule has 4 heterocycles. The number of unbranched alkanes of at least 4 members (excludes halogenated alkanes) is 8. The number of hydrogen-bond donors (Lipinski definition) is 7. The van der Waals surface area contributed by atoms with E-state index in [9.17, 15) is 44.1 Å². The summed E-state index contributed by atoms with van der Waals surface area (Å²) < 4.78 is 24.1. The van der Waals surface area contributed by atoms with Crippen LogP contribution in [0.15, 0.2) is 33.7 Å². The van der Waals surface area contributed by atoms with Gasteiger partial charge in [-0.1, -0.05) is 58.3 Å². The van der Waals surface area contributed by atoms with Gasteiger partial charge in [-0.15, -0.1) is 0 Å². The van der Waals surface area contributed by atoms with Crippen LogP contribution in [0, 0.1) is 5.92 Å². The second-order valence-electron chi connectivity index (χ2n) is 14.2. The number of H-pyrrole nitrogens is 1. The Morgan fingerprint density at radius 2 is 1.74 bits per heavy atom. The van der Waals surface area contributed by atoms with Crippen LogP contribution in [0.2, 0.25) is 0 Å². The number of esters is 1. The summed E-state index contributed by atoms with van der Waals surface area (Å²) in [7, 11) is 0. The van der Waals surface area contributed by atoms with Crippen LogP contribution in [0.25, 0.3) is 0 Å². The van der Waals surface area contributed by atoms with E-state index >= 15 is 0 Å². The Morgan fingerprint density at radius 1 is 1.06 bits per heavy atom. The van der Waals surface area contributed by atoms with Gasteiger partial charge < -0.3 is 50.6 Å². The number of amides is 3. The molecule has 0 unspecified atom stereocenters. The zero-order chi connectivity index (χ0) is 39.4. The normalized spacial score (nSPS) is 28.9. The number of carbonyl (C=O) groups excluding carboxylic acids is 4. The van der Waals surface area contributed by atoms with Gasteiger partial charge in [0.25, 0.3) is 11.5 Å². The number of nitrogens with one attached hydrogen (secondary N) is 3. The quantitative estimate of drug-likeness (QED) is 0.0716. The maximum Gasteiger partial charge on any atom is 0.330 e. The van der Waals surface area contributed by atoms with E-state index < -0.39 is 102 Å². The Labute approximate surface area is 312 Å². The molecule has 8 N–H and O–H groups in total. The molecular weight excluding hydrogens is 710 g/mol. The molecule has 3 aliphatic heterocycles. The van der Waals surface area contributed by atoms with E-state index in [0.717, 1.165) is 48.6 Å². The molecule has 0 aromatic carbocycles. The Kier molecular flexibility index (Phi) is 16.2. The number of hydrogen-bond acceptors (Lipinski definition) is 13. The molecule has 0 bridgehead atoms. The molecule has 1 aromatic rings. The number of aliphatic hydroxyl groups is 3.